The van der Waals surface area contributed by atoms with Crippen LogP contribution in [0.2, 0.25) is 0 Å². The molecule has 1 aliphatic heterocycles. The van der Waals surface area contributed by atoms with Crippen molar-refractivity contribution in [2.24, 2.45) is 0 Å². The Hall–Kier alpha value is -1.36. The molecule has 1 aliphatic rings. The van der Waals surface area contributed by atoms with E-state index >= 15 is 0 Å². The molecule has 14 heavy (non-hydrogen) atoms. The van der Waals surface area contributed by atoms with Crippen molar-refractivity contribution in [3.05, 3.63) is 12.7 Å². The van der Waals surface area contributed by atoms with Crippen LogP contribution in [0.5, 0.6) is 0 Å². The first-order chi connectivity index (χ1) is 6.65. The van der Waals surface area contributed by atoms with Gasteiger partial charge < -0.3 is 14.7 Å². The molecule has 78 valence electrons. The van der Waals surface area contributed by atoms with Gasteiger partial charge in [-0.05, 0) is 0 Å². The third-order valence-electron chi connectivity index (χ3n) is 2.06. The molecule has 0 aromatic heterocycles. The lowest BCUT2D eigenvalue weighted by Crippen LogP contribution is -2.47. The minimum atomic E-state index is -1.01. The summed E-state index contributed by atoms with van der Waals surface area (Å²) in [6.07, 6.45) is 0.128. The van der Waals surface area contributed by atoms with Gasteiger partial charge in [0.2, 0.25) is 0 Å². The van der Waals surface area contributed by atoms with Crippen molar-refractivity contribution in [2.75, 3.05) is 19.7 Å². The maximum atomic E-state index is 11.3. The molecule has 0 radical (unpaired) electrons. The molecule has 1 unspecified atom stereocenters. The lowest BCUT2D eigenvalue weighted by molar-refractivity contribution is -0.133. The van der Waals surface area contributed by atoms with Gasteiger partial charge in [-0.3, -0.25) is 4.79 Å². The van der Waals surface area contributed by atoms with Gasteiger partial charge in [0, 0.05) is 13.0 Å². The van der Waals surface area contributed by atoms with E-state index in [0.717, 1.165) is 0 Å². The van der Waals surface area contributed by atoms with Gasteiger partial charge in [0.25, 0.3) is 0 Å². The van der Waals surface area contributed by atoms with Gasteiger partial charge in [0.05, 0.1) is 13.2 Å². The predicted molar refractivity (Wildman–Crippen MR) is 49.2 cm³/mol. The number of carbonyl (C=O) groups is 2. The second-order valence-corrected chi connectivity index (χ2v) is 3.06. The normalized spacial score (nSPS) is 22.1. The second kappa shape index (κ2) is 4.76. The number of ether oxygens (including phenoxy) is 1. The summed E-state index contributed by atoms with van der Waals surface area (Å²) in [6.45, 7) is 4.12. The number of hydrogen-bond donors (Lipinski definition) is 1. The van der Waals surface area contributed by atoms with Gasteiger partial charge in [0.1, 0.15) is 6.10 Å². The fourth-order valence-corrected chi connectivity index (χ4v) is 1.30. The van der Waals surface area contributed by atoms with Crippen LogP contribution in [0.3, 0.4) is 0 Å². The number of rotatable bonds is 3. The zero-order valence-corrected chi connectivity index (χ0v) is 7.81. The largest absolute Gasteiger partial charge is 0.465 e. The molecule has 1 amide bonds. The molecule has 5 nitrogen and oxygen atoms in total. The molecule has 5 heteroatoms. The van der Waals surface area contributed by atoms with Crippen molar-refractivity contribution in [1.29, 1.82) is 0 Å². The van der Waals surface area contributed by atoms with Crippen molar-refractivity contribution in [2.45, 2.75) is 12.5 Å². The van der Waals surface area contributed by atoms with Crippen LogP contribution in [0.1, 0.15) is 6.42 Å². The monoisotopic (exact) mass is 199 g/mol. The third kappa shape index (κ3) is 2.56. The van der Waals surface area contributed by atoms with Crippen molar-refractivity contribution < 1.29 is 19.4 Å². The summed E-state index contributed by atoms with van der Waals surface area (Å²) < 4.78 is 5.15. The first kappa shape index (κ1) is 10.7. The van der Waals surface area contributed by atoms with Crippen LogP contribution >= 0.6 is 0 Å². The number of carbonyl (C=O) groups excluding carboxylic acids is 1. The molecule has 1 heterocycles. The maximum absolute atomic E-state index is 11.3. The molecule has 0 saturated carbocycles. The summed E-state index contributed by atoms with van der Waals surface area (Å²) >= 11 is 0. The number of likely N-dealkylation sites (tertiary alicyclic amines) is 1. The van der Waals surface area contributed by atoms with Crippen LogP contribution in [0.15, 0.2) is 12.7 Å². The second-order valence-electron chi connectivity index (χ2n) is 3.06. The SMILES string of the molecule is C=CCOC1CN(C(=O)O)CCC1=O. The Morgan fingerprint density at radius 2 is 2.50 bits per heavy atom. The Morgan fingerprint density at radius 3 is 3.07 bits per heavy atom. The highest BCUT2D eigenvalue weighted by Crippen LogP contribution is 2.10. The van der Waals surface area contributed by atoms with E-state index in [1.165, 1.54) is 11.0 Å². The Bertz CT molecular complexity index is 251. The molecule has 1 atom stereocenters. The van der Waals surface area contributed by atoms with Crippen molar-refractivity contribution in [3.8, 4) is 0 Å². The van der Waals surface area contributed by atoms with Crippen LogP contribution < -0.4 is 0 Å². The lowest BCUT2D eigenvalue weighted by Gasteiger charge is -2.29. The summed E-state index contributed by atoms with van der Waals surface area (Å²) in [5.74, 6) is -0.0376. The minimum Gasteiger partial charge on any atom is -0.465 e. The standard InChI is InChI=1S/C9H13NO4/c1-2-5-14-8-6-10(9(12)13)4-3-7(8)11/h2,8H,1,3-6H2,(H,12,13). The average molecular weight is 199 g/mol. The zero-order chi connectivity index (χ0) is 10.6. The number of piperidine rings is 1. The summed E-state index contributed by atoms with van der Waals surface area (Å²) in [4.78, 5) is 23.1. The van der Waals surface area contributed by atoms with Gasteiger partial charge >= 0.3 is 6.09 Å². The topological polar surface area (TPSA) is 66.8 Å². The smallest absolute Gasteiger partial charge is 0.407 e. The highest BCUT2D eigenvalue weighted by atomic mass is 16.5. The Balaban J connectivity index is 2.50. The number of amides is 1. The van der Waals surface area contributed by atoms with E-state index in [1.54, 1.807) is 0 Å². The lowest BCUT2D eigenvalue weighted by atomic mass is 10.1. The minimum absolute atomic E-state index is 0.0376. The van der Waals surface area contributed by atoms with Gasteiger partial charge in [-0.25, -0.2) is 4.79 Å². The maximum Gasteiger partial charge on any atom is 0.407 e. The van der Waals surface area contributed by atoms with Gasteiger partial charge in [0.15, 0.2) is 5.78 Å². The molecule has 1 N–H and O–H groups in total. The zero-order valence-electron chi connectivity index (χ0n) is 7.81. The van der Waals surface area contributed by atoms with Crippen LogP contribution in [0, 0.1) is 0 Å². The van der Waals surface area contributed by atoms with Gasteiger partial charge in [-0.1, -0.05) is 6.08 Å². The van der Waals surface area contributed by atoms with E-state index in [1.807, 2.05) is 0 Å². The molecular formula is C9H13NO4. The first-order valence-electron chi connectivity index (χ1n) is 4.38. The number of carboxylic acid groups (broad SMARTS) is 1. The highest BCUT2D eigenvalue weighted by Gasteiger charge is 2.29. The first-order valence-corrected chi connectivity index (χ1v) is 4.38. The van der Waals surface area contributed by atoms with E-state index in [0.29, 0.717) is 0 Å². The summed E-state index contributed by atoms with van der Waals surface area (Å²) in [7, 11) is 0. The Morgan fingerprint density at radius 1 is 1.79 bits per heavy atom. The summed E-state index contributed by atoms with van der Waals surface area (Å²) in [6, 6.07) is 0. The van der Waals surface area contributed by atoms with Crippen LogP contribution in [0.25, 0.3) is 0 Å². The van der Waals surface area contributed by atoms with E-state index in [-0.39, 0.29) is 31.9 Å². The highest BCUT2D eigenvalue weighted by molar-refractivity contribution is 5.85. The fourth-order valence-electron chi connectivity index (χ4n) is 1.30. The van der Waals surface area contributed by atoms with Crippen LogP contribution in [0.4, 0.5) is 4.79 Å². The average Bonchev–Trinajstić information content (AvgIpc) is 2.16. The molecule has 0 bridgehead atoms. The van der Waals surface area contributed by atoms with Crippen LogP contribution in [-0.2, 0) is 9.53 Å². The predicted octanol–water partition coefficient (Wildman–Crippen LogP) is 0.510. The van der Waals surface area contributed by atoms with Gasteiger partial charge in [-0.2, -0.15) is 0 Å². The molecule has 0 aromatic carbocycles. The molecular weight excluding hydrogens is 186 g/mol. The molecule has 0 aliphatic carbocycles. The van der Waals surface area contributed by atoms with Crippen molar-refractivity contribution in [3.63, 3.8) is 0 Å². The fraction of sp³-hybridized carbons (Fsp3) is 0.556. The van der Waals surface area contributed by atoms with E-state index in [4.69, 9.17) is 9.84 Å². The molecule has 1 saturated heterocycles. The molecule has 1 fully saturated rings. The number of hydrogen-bond acceptors (Lipinski definition) is 3. The number of Topliss-reactive ketones (excluding diaryl/α,β-unsaturated/α-hetero) is 1. The summed E-state index contributed by atoms with van der Waals surface area (Å²) in [5, 5.41) is 8.71. The quantitative estimate of drug-likeness (QED) is 0.672. The molecule has 0 spiro atoms. The van der Waals surface area contributed by atoms with E-state index in [2.05, 4.69) is 6.58 Å². The van der Waals surface area contributed by atoms with Crippen LogP contribution in [-0.4, -0.2) is 47.7 Å². The molecule has 1 rings (SSSR count). The Labute approximate surface area is 82.0 Å². The van der Waals surface area contributed by atoms with E-state index < -0.39 is 12.2 Å². The molecule has 0 aromatic rings. The van der Waals surface area contributed by atoms with Crippen molar-refractivity contribution in [1.82, 2.24) is 4.90 Å². The van der Waals surface area contributed by atoms with E-state index in [9.17, 15) is 9.59 Å². The Kier molecular flexibility index (Phi) is 3.64. The summed E-state index contributed by atoms with van der Waals surface area (Å²) in [5.41, 5.74) is 0. The number of nitrogens with zero attached hydrogens (tertiary/aromatic N) is 1. The van der Waals surface area contributed by atoms with Gasteiger partial charge in [-0.15, -0.1) is 6.58 Å². The number of ketones is 1. The van der Waals surface area contributed by atoms with Crippen molar-refractivity contribution >= 4 is 11.9 Å². The third-order valence-corrected chi connectivity index (χ3v) is 2.06.